The predicted octanol–water partition coefficient (Wildman–Crippen LogP) is 1.56. The molecule has 0 aliphatic heterocycles. The van der Waals surface area contributed by atoms with E-state index < -0.39 is 0 Å². The van der Waals surface area contributed by atoms with Gasteiger partial charge in [0.15, 0.2) is 11.5 Å². The quantitative estimate of drug-likeness (QED) is 0.683. The highest BCUT2D eigenvalue weighted by atomic mass is 16.5. The van der Waals surface area contributed by atoms with Gasteiger partial charge in [-0.25, -0.2) is 4.98 Å². The van der Waals surface area contributed by atoms with Crippen molar-refractivity contribution in [2.45, 2.75) is 19.3 Å². The third-order valence-electron chi connectivity index (χ3n) is 2.73. The van der Waals surface area contributed by atoms with Gasteiger partial charge < -0.3 is 9.09 Å². The summed E-state index contributed by atoms with van der Waals surface area (Å²) < 4.78 is 7.25. The van der Waals surface area contributed by atoms with Gasteiger partial charge in [-0.3, -0.25) is 0 Å². The van der Waals surface area contributed by atoms with Crippen LogP contribution in [0, 0.1) is 0 Å². The number of aromatic nitrogens is 3. The van der Waals surface area contributed by atoms with Gasteiger partial charge in [0.2, 0.25) is 0 Å². The summed E-state index contributed by atoms with van der Waals surface area (Å²) >= 11 is 0. The van der Waals surface area contributed by atoms with Gasteiger partial charge in [-0.15, -0.1) is 0 Å². The van der Waals surface area contributed by atoms with Gasteiger partial charge in [0.05, 0.1) is 0 Å². The molecule has 0 atom stereocenters. The molecule has 0 amide bonds. The maximum atomic E-state index is 5.28. The summed E-state index contributed by atoms with van der Waals surface area (Å²) in [6.45, 7) is 0. The first-order valence-electron chi connectivity index (χ1n) is 4.81. The maximum Gasteiger partial charge on any atom is 0.162 e. The number of hydrogen-bond donors (Lipinski definition) is 0. The van der Waals surface area contributed by atoms with Crippen molar-refractivity contribution < 1.29 is 4.52 Å². The van der Waals surface area contributed by atoms with Gasteiger partial charge in [-0.2, -0.15) is 0 Å². The van der Waals surface area contributed by atoms with E-state index in [4.69, 9.17) is 4.52 Å². The van der Waals surface area contributed by atoms with Gasteiger partial charge in [0.1, 0.15) is 5.76 Å². The second-order valence-electron chi connectivity index (χ2n) is 3.65. The highest BCUT2D eigenvalue weighted by Crippen LogP contribution is 2.30. The summed E-state index contributed by atoms with van der Waals surface area (Å²) in [6.07, 6.45) is 6.97. The average Bonchev–Trinajstić information content (AvgIpc) is 2.78. The second-order valence-corrected chi connectivity index (χ2v) is 3.65. The zero-order chi connectivity index (χ0) is 9.54. The van der Waals surface area contributed by atoms with E-state index in [1.807, 2.05) is 17.8 Å². The van der Waals surface area contributed by atoms with Crippen molar-refractivity contribution in [2.75, 3.05) is 0 Å². The molecule has 4 nitrogen and oxygen atoms in total. The summed E-state index contributed by atoms with van der Waals surface area (Å²) in [7, 11) is 1.97. The van der Waals surface area contributed by atoms with Crippen LogP contribution in [-0.2, 0) is 19.9 Å². The number of imidazole rings is 1. The van der Waals surface area contributed by atoms with E-state index in [1.165, 1.54) is 12.0 Å². The SMILES string of the molecule is Cn1ccnc1-c1noc2c1CCC2. The highest BCUT2D eigenvalue weighted by Gasteiger charge is 2.23. The van der Waals surface area contributed by atoms with Gasteiger partial charge in [0.25, 0.3) is 0 Å². The number of rotatable bonds is 1. The zero-order valence-corrected chi connectivity index (χ0v) is 8.03. The minimum atomic E-state index is 0.900. The lowest BCUT2D eigenvalue weighted by molar-refractivity contribution is 0.388. The Hall–Kier alpha value is -1.58. The molecule has 4 heteroatoms. The molecule has 0 spiro atoms. The van der Waals surface area contributed by atoms with Crippen LogP contribution in [-0.4, -0.2) is 14.7 Å². The molecule has 3 rings (SSSR count). The molecule has 0 saturated carbocycles. The fourth-order valence-corrected chi connectivity index (χ4v) is 1.99. The number of nitrogens with zero attached hydrogens (tertiary/aromatic N) is 3. The molecular formula is C10H11N3O. The molecule has 0 N–H and O–H groups in total. The first kappa shape index (κ1) is 7.79. The number of hydrogen-bond acceptors (Lipinski definition) is 3. The fraction of sp³-hybridized carbons (Fsp3) is 0.400. The summed E-state index contributed by atoms with van der Waals surface area (Å²) in [4.78, 5) is 4.28. The molecule has 0 fully saturated rings. The second kappa shape index (κ2) is 2.70. The Balaban J connectivity index is 2.17. The molecule has 0 saturated heterocycles. The van der Waals surface area contributed by atoms with Crippen LogP contribution in [0.25, 0.3) is 11.5 Å². The molecule has 14 heavy (non-hydrogen) atoms. The summed E-state index contributed by atoms with van der Waals surface area (Å²) in [5.74, 6) is 1.94. The Morgan fingerprint density at radius 1 is 1.43 bits per heavy atom. The molecule has 1 aliphatic rings. The van der Waals surface area contributed by atoms with E-state index in [9.17, 15) is 0 Å². The molecule has 2 aromatic rings. The molecule has 72 valence electrons. The lowest BCUT2D eigenvalue weighted by Crippen LogP contribution is -1.93. The predicted molar refractivity (Wildman–Crippen MR) is 50.7 cm³/mol. The lowest BCUT2D eigenvalue weighted by Gasteiger charge is -1.97. The lowest BCUT2D eigenvalue weighted by atomic mass is 10.2. The third-order valence-corrected chi connectivity index (χ3v) is 2.73. The normalized spacial score (nSPS) is 14.6. The molecule has 2 aromatic heterocycles. The standard InChI is InChI=1S/C10H11N3O/c1-13-6-5-11-10(13)9-7-3-2-4-8(7)14-12-9/h5-6H,2-4H2,1H3. The van der Waals surface area contributed by atoms with Gasteiger partial charge in [0, 0.05) is 31.4 Å². The van der Waals surface area contributed by atoms with E-state index in [0.717, 1.165) is 30.1 Å². The topological polar surface area (TPSA) is 43.9 Å². The van der Waals surface area contributed by atoms with Crippen LogP contribution in [0.3, 0.4) is 0 Å². The Labute approximate surface area is 81.5 Å². The monoisotopic (exact) mass is 189 g/mol. The van der Waals surface area contributed by atoms with Crippen LogP contribution < -0.4 is 0 Å². The first-order valence-corrected chi connectivity index (χ1v) is 4.81. The van der Waals surface area contributed by atoms with Crippen molar-refractivity contribution in [1.82, 2.24) is 14.7 Å². The van der Waals surface area contributed by atoms with Crippen molar-refractivity contribution in [2.24, 2.45) is 7.05 Å². The summed E-state index contributed by atoms with van der Waals surface area (Å²) in [5, 5.41) is 4.08. The summed E-state index contributed by atoms with van der Waals surface area (Å²) in [5.41, 5.74) is 2.17. The van der Waals surface area contributed by atoms with Crippen molar-refractivity contribution in [3.05, 3.63) is 23.7 Å². The average molecular weight is 189 g/mol. The molecule has 0 unspecified atom stereocenters. The van der Waals surface area contributed by atoms with Crippen LogP contribution in [0.4, 0.5) is 0 Å². The Morgan fingerprint density at radius 3 is 3.14 bits per heavy atom. The Kier molecular flexibility index (Phi) is 1.50. The van der Waals surface area contributed by atoms with Crippen LogP contribution in [0.5, 0.6) is 0 Å². The van der Waals surface area contributed by atoms with Crippen molar-refractivity contribution >= 4 is 0 Å². The molecule has 2 heterocycles. The minimum absolute atomic E-state index is 0.900. The third kappa shape index (κ3) is 0.937. The van der Waals surface area contributed by atoms with Gasteiger partial charge in [-0.1, -0.05) is 5.16 Å². The van der Waals surface area contributed by atoms with Crippen LogP contribution in [0.2, 0.25) is 0 Å². The van der Waals surface area contributed by atoms with Crippen LogP contribution in [0.1, 0.15) is 17.7 Å². The maximum absolute atomic E-state index is 5.28. The number of fused-ring (bicyclic) bond motifs is 1. The zero-order valence-electron chi connectivity index (χ0n) is 8.03. The fourth-order valence-electron chi connectivity index (χ4n) is 1.99. The van der Waals surface area contributed by atoms with Crippen LogP contribution >= 0.6 is 0 Å². The van der Waals surface area contributed by atoms with Crippen molar-refractivity contribution in [3.8, 4) is 11.5 Å². The van der Waals surface area contributed by atoms with E-state index in [1.54, 1.807) is 6.20 Å². The van der Waals surface area contributed by atoms with Gasteiger partial charge >= 0.3 is 0 Å². The summed E-state index contributed by atoms with van der Waals surface area (Å²) in [6, 6.07) is 0. The first-order chi connectivity index (χ1) is 6.86. The number of aryl methyl sites for hydroxylation is 2. The largest absolute Gasteiger partial charge is 0.360 e. The van der Waals surface area contributed by atoms with Crippen molar-refractivity contribution in [3.63, 3.8) is 0 Å². The Bertz CT molecular complexity index is 469. The molecule has 0 bridgehead atoms. The smallest absolute Gasteiger partial charge is 0.162 e. The van der Waals surface area contributed by atoms with E-state index in [0.29, 0.717) is 0 Å². The Morgan fingerprint density at radius 2 is 2.36 bits per heavy atom. The van der Waals surface area contributed by atoms with E-state index in [2.05, 4.69) is 10.1 Å². The molecule has 0 radical (unpaired) electrons. The van der Waals surface area contributed by atoms with Crippen LogP contribution in [0.15, 0.2) is 16.9 Å². The molecular weight excluding hydrogens is 178 g/mol. The molecule has 1 aliphatic carbocycles. The van der Waals surface area contributed by atoms with Crippen molar-refractivity contribution in [1.29, 1.82) is 0 Å². The van der Waals surface area contributed by atoms with E-state index >= 15 is 0 Å². The minimum Gasteiger partial charge on any atom is -0.360 e. The van der Waals surface area contributed by atoms with Gasteiger partial charge in [-0.05, 0) is 12.8 Å². The molecule has 0 aromatic carbocycles. The highest BCUT2D eigenvalue weighted by molar-refractivity contribution is 5.56. The van der Waals surface area contributed by atoms with E-state index in [-0.39, 0.29) is 0 Å².